The van der Waals surface area contributed by atoms with Crippen LogP contribution in [0.5, 0.6) is 5.75 Å². The van der Waals surface area contributed by atoms with Crippen LogP contribution in [0, 0.1) is 0 Å². The average Bonchev–Trinajstić information content (AvgIpc) is 2.36. The third kappa shape index (κ3) is 4.12. The molecule has 0 aromatic heterocycles. The standard InChI is InChI=1S/C11H14N2O4/c1-2-17-9-5-3-8(4-6-9)11(15)12-7-10(14)13-16/h3-6,16H,2,7H2,1H3,(H,12,15)(H,13,14). The van der Waals surface area contributed by atoms with Crippen molar-refractivity contribution in [3.63, 3.8) is 0 Å². The SMILES string of the molecule is CCOc1ccc(C(=O)NCC(=O)NO)cc1. The molecule has 1 rings (SSSR count). The monoisotopic (exact) mass is 238 g/mol. The van der Waals surface area contributed by atoms with Gasteiger partial charge in [-0.2, -0.15) is 0 Å². The second kappa shape index (κ2) is 6.49. The predicted octanol–water partition coefficient (Wildman–Crippen LogP) is 0.320. The quantitative estimate of drug-likeness (QED) is 0.509. The van der Waals surface area contributed by atoms with E-state index in [0.29, 0.717) is 17.9 Å². The van der Waals surface area contributed by atoms with Gasteiger partial charge in [0.1, 0.15) is 5.75 Å². The molecule has 0 unspecified atom stereocenters. The van der Waals surface area contributed by atoms with Gasteiger partial charge in [0.05, 0.1) is 13.2 Å². The minimum absolute atomic E-state index is 0.275. The van der Waals surface area contributed by atoms with Crippen molar-refractivity contribution in [1.82, 2.24) is 10.8 Å². The smallest absolute Gasteiger partial charge is 0.262 e. The first kappa shape index (κ1) is 13.0. The Kier molecular flexibility index (Phi) is 4.96. The van der Waals surface area contributed by atoms with Crippen LogP contribution in [0.4, 0.5) is 0 Å². The van der Waals surface area contributed by atoms with Gasteiger partial charge in [-0.1, -0.05) is 0 Å². The lowest BCUT2D eigenvalue weighted by Gasteiger charge is -2.05. The molecule has 0 heterocycles. The fraction of sp³-hybridized carbons (Fsp3) is 0.273. The topological polar surface area (TPSA) is 87.7 Å². The third-order valence-electron chi connectivity index (χ3n) is 1.96. The van der Waals surface area contributed by atoms with Gasteiger partial charge >= 0.3 is 0 Å². The molecule has 0 bridgehead atoms. The molecule has 0 spiro atoms. The lowest BCUT2D eigenvalue weighted by molar-refractivity contribution is -0.128. The van der Waals surface area contributed by atoms with Crippen molar-refractivity contribution < 1.29 is 19.5 Å². The minimum atomic E-state index is -0.677. The summed E-state index contributed by atoms with van der Waals surface area (Å²) in [6, 6.07) is 6.53. The van der Waals surface area contributed by atoms with Gasteiger partial charge in [0.15, 0.2) is 0 Å². The highest BCUT2D eigenvalue weighted by molar-refractivity contribution is 5.96. The number of carbonyl (C=O) groups is 2. The number of amides is 2. The molecule has 2 amide bonds. The summed E-state index contributed by atoms with van der Waals surface area (Å²) < 4.78 is 5.23. The van der Waals surface area contributed by atoms with Crippen LogP contribution < -0.4 is 15.5 Å². The molecule has 6 nitrogen and oxygen atoms in total. The number of hydrogen-bond acceptors (Lipinski definition) is 4. The summed E-state index contributed by atoms with van der Waals surface area (Å²) in [5.74, 6) is -0.391. The summed E-state index contributed by atoms with van der Waals surface area (Å²) >= 11 is 0. The summed E-state index contributed by atoms with van der Waals surface area (Å²) in [6.07, 6.45) is 0. The number of benzene rings is 1. The first-order chi connectivity index (χ1) is 8.17. The summed E-state index contributed by atoms with van der Waals surface area (Å²) in [4.78, 5) is 22.2. The van der Waals surface area contributed by atoms with Gasteiger partial charge in [-0.25, -0.2) is 5.48 Å². The molecule has 0 atom stereocenters. The Balaban J connectivity index is 2.54. The van der Waals surface area contributed by atoms with E-state index in [1.165, 1.54) is 5.48 Å². The lowest BCUT2D eigenvalue weighted by atomic mass is 10.2. The summed E-state index contributed by atoms with van der Waals surface area (Å²) in [5, 5.41) is 10.6. The van der Waals surface area contributed by atoms with Crippen LogP contribution in [0.3, 0.4) is 0 Å². The zero-order valence-corrected chi connectivity index (χ0v) is 9.40. The van der Waals surface area contributed by atoms with Crippen molar-refractivity contribution in [2.24, 2.45) is 0 Å². The van der Waals surface area contributed by atoms with Crippen LogP contribution in [-0.2, 0) is 4.79 Å². The molecule has 0 aliphatic carbocycles. The van der Waals surface area contributed by atoms with Crippen molar-refractivity contribution in [2.45, 2.75) is 6.92 Å². The van der Waals surface area contributed by atoms with E-state index >= 15 is 0 Å². The van der Waals surface area contributed by atoms with Gasteiger partial charge in [0.2, 0.25) is 0 Å². The van der Waals surface area contributed by atoms with Crippen LogP contribution in [0.2, 0.25) is 0 Å². The van der Waals surface area contributed by atoms with E-state index in [0.717, 1.165) is 0 Å². The Hall–Kier alpha value is -2.08. The van der Waals surface area contributed by atoms with E-state index in [1.807, 2.05) is 6.92 Å². The van der Waals surface area contributed by atoms with E-state index in [1.54, 1.807) is 24.3 Å². The molecule has 0 aliphatic heterocycles. The van der Waals surface area contributed by atoms with Gasteiger partial charge in [-0.15, -0.1) is 0 Å². The zero-order valence-electron chi connectivity index (χ0n) is 9.40. The van der Waals surface area contributed by atoms with Crippen molar-refractivity contribution in [3.05, 3.63) is 29.8 Å². The first-order valence-electron chi connectivity index (χ1n) is 5.11. The van der Waals surface area contributed by atoms with Crippen LogP contribution in [-0.4, -0.2) is 30.2 Å². The number of rotatable bonds is 5. The highest BCUT2D eigenvalue weighted by Gasteiger charge is 2.07. The number of hydrogen-bond donors (Lipinski definition) is 3. The van der Waals surface area contributed by atoms with E-state index in [9.17, 15) is 9.59 Å². The number of nitrogens with one attached hydrogen (secondary N) is 2. The number of ether oxygens (including phenoxy) is 1. The molecule has 0 saturated heterocycles. The molecule has 0 aliphatic rings. The fourth-order valence-electron chi connectivity index (χ4n) is 1.17. The van der Waals surface area contributed by atoms with E-state index in [4.69, 9.17) is 9.94 Å². The molecule has 1 aromatic rings. The molecular formula is C11H14N2O4. The number of carbonyl (C=O) groups excluding carboxylic acids is 2. The zero-order chi connectivity index (χ0) is 12.7. The molecule has 92 valence electrons. The Labute approximate surface area is 98.5 Å². The molecule has 17 heavy (non-hydrogen) atoms. The van der Waals surface area contributed by atoms with Crippen molar-refractivity contribution >= 4 is 11.8 Å². The maximum atomic E-state index is 11.5. The Morgan fingerprint density at radius 2 is 1.94 bits per heavy atom. The highest BCUT2D eigenvalue weighted by atomic mass is 16.5. The van der Waals surface area contributed by atoms with Crippen LogP contribution in [0.1, 0.15) is 17.3 Å². The Morgan fingerprint density at radius 3 is 2.47 bits per heavy atom. The van der Waals surface area contributed by atoms with Gasteiger partial charge in [0, 0.05) is 5.56 Å². The van der Waals surface area contributed by atoms with Crippen molar-refractivity contribution in [3.8, 4) is 5.75 Å². The minimum Gasteiger partial charge on any atom is -0.494 e. The van der Waals surface area contributed by atoms with Gasteiger partial charge in [-0.05, 0) is 31.2 Å². The second-order valence-electron chi connectivity index (χ2n) is 3.18. The lowest BCUT2D eigenvalue weighted by Crippen LogP contribution is -2.35. The third-order valence-corrected chi connectivity index (χ3v) is 1.96. The molecule has 1 aromatic carbocycles. The Morgan fingerprint density at radius 1 is 1.29 bits per heavy atom. The maximum Gasteiger partial charge on any atom is 0.262 e. The van der Waals surface area contributed by atoms with E-state index in [2.05, 4.69) is 5.32 Å². The van der Waals surface area contributed by atoms with Crippen molar-refractivity contribution in [1.29, 1.82) is 0 Å². The molecule has 0 fully saturated rings. The van der Waals surface area contributed by atoms with Crippen LogP contribution >= 0.6 is 0 Å². The van der Waals surface area contributed by atoms with Gasteiger partial charge < -0.3 is 10.1 Å². The number of hydroxylamine groups is 1. The molecule has 6 heteroatoms. The molecule has 0 saturated carbocycles. The van der Waals surface area contributed by atoms with Gasteiger partial charge in [-0.3, -0.25) is 14.8 Å². The summed E-state index contributed by atoms with van der Waals surface area (Å²) in [6.45, 7) is 2.15. The largest absolute Gasteiger partial charge is 0.494 e. The van der Waals surface area contributed by atoms with Crippen LogP contribution in [0.15, 0.2) is 24.3 Å². The molecule has 3 N–H and O–H groups in total. The Bertz CT molecular complexity index is 389. The van der Waals surface area contributed by atoms with Crippen LogP contribution in [0.25, 0.3) is 0 Å². The first-order valence-corrected chi connectivity index (χ1v) is 5.11. The molecule has 0 radical (unpaired) electrons. The average molecular weight is 238 g/mol. The summed E-state index contributed by atoms with van der Waals surface area (Å²) in [5.41, 5.74) is 1.84. The van der Waals surface area contributed by atoms with Gasteiger partial charge in [0.25, 0.3) is 11.8 Å². The normalized spacial score (nSPS) is 9.53. The fourth-order valence-corrected chi connectivity index (χ4v) is 1.17. The second-order valence-corrected chi connectivity index (χ2v) is 3.18. The van der Waals surface area contributed by atoms with E-state index in [-0.39, 0.29) is 6.54 Å². The van der Waals surface area contributed by atoms with Crippen molar-refractivity contribution in [2.75, 3.05) is 13.2 Å². The molecular weight excluding hydrogens is 224 g/mol. The summed E-state index contributed by atoms with van der Waals surface area (Å²) in [7, 11) is 0. The predicted molar refractivity (Wildman–Crippen MR) is 59.9 cm³/mol. The van der Waals surface area contributed by atoms with E-state index < -0.39 is 11.8 Å². The highest BCUT2D eigenvalue weighted by Crippen LogP contribution is 2.11. The maximum absolute atomic E-state index is 11.5.